The highest BCUT2D eigenvalue weighted by molar-refractivity contribution is 7.86. The number of nitrogens with zero attached hydrogens (tertiary/aromatic N) is 2. The molecule has 0 fully saturated rings. The monoisotopic (exact) mass is 505 g/mol. The van der Waals surface area contributed by atoms with Crippen LogP contribution in [0, 0.1) is 0 Å². The van der Waals surface area contributed by atoms with Crippen molar-refractivity contribution in [3.63, 3.8) is 0 Å². The molecule has 9 heteroatoms. The van der Waals surface area contributed by atoms with Gasteiger partial charge in [-0.05, 0) is 70.8 Å². The smallest absolute Gasteiger partial charge is 0.306 e. The molecule has 0 saturated carbocycles. The van der Waals surface area contributed by atoms with Crippen LogP contribution in [0.5, 0.6) is 11.5 Å². The van der Waals surface area contributed by atoms with Gasteiger partial charge >= 0.3 is 10.1 Å². The first-order valence-electron chi connectivity index (χ1n) is 11.6. The summed E-state index contributed by atoms with van der Waals surface area (Å²) in [7, 11) is -0.615. The molecule has 1 heterocycles. The van der Waals surface area contributed by atoms with Crippen LogP contribution in [-0.4, -0.2) is 45.6 Å². The lowest BCUT2D eigenvalue weighted by Crippen LogP contribution is -2.41. The van der Waals surface area contributed by atoms with Gasteiger partial charge in [0.15, 0.2) is 11.5 Å². The molecule has 1 aliphatic carbocycles. The maximum Gasteiger partial charge on any atom is 0.306 e. The van der Waals surface area contributed by atoms with Crippen LogP contribution in [0.15, 0.2) is 65.7 Å². The number of aryl methyl sites for hydroxylation is 2. The molecule has 3 aromatic carbocycles. The van der Waals surface area contributed by atoms with E-state index in [4.69, 9.17) is 19.6 Å². The lowest BCUT2D eigenvalue weighted by molar-refractivity contribution is -0.129. The Hall–Kier alpha value is -3.85. The number of guanidine groups is 1. The first kappa shape index (κ1) is 23.9. The van der Waals surface area contributed by atoms with E-state index >= 15 is 0 Å². The minimum absolute atomic E-state index is 0.129. The summed E-state index contributed by atoms with van der Waals surface area (Å²) >= 11 is 0. The number of aliphatic imine (C=N–C) groups is 1. The number of likely N-dealkylation sites (N-methyl/N-ethyl adjacent to an activating group) is 1. The zero-order valence-electron chi connectivity index (χ0n) is 20.3. The second-order valence-electron chi connectivity index (χ2n) is 9.15. The van der Waals surface area contributed by atoms with Gasteiger partial charge in [0.1, 0.15) is 11.5 Å². The normalized spacial score (nSPS) is 19.2. The molecule has 1 atom stereocenters. The fraction of sp³-hybridized carbons (Fsp3) is 0.259. The van der Waals surface area contributed by atoms with Gasteiger partial charge < -0.3 is 14.7 Å². The number of hydrogen-bond acceptors (Lipinski definition) is 7. The van der Waals surface area contributed by atoms with Crippen molar-refractivity contribution in [2.24, 2.45) is 10.7 Å². The molecule has 2 aliphatic rings. The highest BCUT2D eigenvalue weighted by Crippen LogP contribution is 2.42. The molecule has 0 bridgehead atoms. The van der Waals surface area contributed by atoms with Crippen molar-refractivity contribution in [3.8, 4) is 22.6 Å². The average molecular weight is 506 g/mol. The molecular weight excluding hydrogens is 478 g/mol. The van der Waals surface area contributed by atoms with Crippen molar-refractivity contribution >= 4 is 22.0 Å². The maximum absolute atomic E-state index is 13.7. The Balaban J connectivity index is 1.67. The SMILES string of the molecule is COc1cc(OS(C)(=O)=O)cc(-c2cccc(C3(c4ccc5c(c4)CCC5)N=C(N)N(C)C3=O)c2)c1. The fourth-order valence-corrected chi connectivity index (χ4v) is 5.43. The van der Waals surface area contributed by atoms with Crippen molar-refractivity contribution in [2.45, 2.75) is 24.8 Å². The molecule has 0 aromatic heterocycles. The molecule has 0 spiro atoms. The van der Waals surface area contributed by atoms with Crippen LogP contribution in [0.25, 0.3) is 11.1 Å². The molecule has 2 N–H and O–H groups in total. The van der Waals surface area contributed by atoms with E-state index in [-0.39, 0.29) is 17.6 Å². The van der Waals surface area contributed by atoms with E-state index < -0.39 is 15.7 Å². The Morgan fingerprint density at radius 1 is 0.944 bits per heavy atom. The summed E-state index contributed by atoms with van der Waals surface area (Å²) in [6.07, 6.45) is 4.08. The first-order valence-corrected chi connectivity index (χ1v) is 13.4. The number of amides is 1. The molecule has 8 nitrogen and oxygen atoms in total. The lowest BCUT2D eigenvalue weighted by atomic mass is 9.80. The van der Waals surface area contributed by atoms with E-state index in [1.165, 1.54) is 29.2 Å². The molecule has 1 aliphatic heterocycles. The van der Waals surface area contributed by atoms with Crippen LogP contribution in [0.3, 0.4) is 0 Å². The number of fused-ring (bicyclic) bond motifs is 1. The van der Waals surface area contributed by atoms with E-state index in [0.29, 0.717) is 16.9 Å². The highest BCUT2D eigenvalue weighted by atomic mass is 32.2. The number of hydrogen-bond donors (Lipinski definition) is 1. The molecule has 186 valence electrons. The van der Waals surface area contributed by atoms with Crippen molar-refractivity contribution < 1.29 is 22.1 Å². The Labute approximate surface area is 210 Å². The second-order valence-corrected chi connectivity index (χ2v) is 10.7. The van der Waals surface area contributed by atoms with Gasteiger partial charge in [-0.15, -0.1) is 0 Å². The quantitative estimate of drug-likeness (QED) is 0.515. The van der Waals surface area contributed by atoms with Crippen LogP contribution in [0.4, 0.5) is 0 Å². The lowest BCUT2D eigenvalue weighted by Gasteiger charge is -2.27. The molecule has 1 unspecified atom stereocenters. The third kappa shape index (κ3) is 4.09. The topological polar surface area (TPSA) is 111 Å². The summed E-state index contributed by atoms with van der Waals surface area (Å²) in [6, 6.07) is 18.5. The van der Waals surface area contributed by atoms with Crippen LogP contribution >= 0.6 is 0 Å². The predicted octanol–water partition coefficient (Wildman–Crippen LogP) is 3.22. The van der Waals surface area contributed by atoms with E-state index in [1.54, 1.807) is 19.2 Å². The van der Waals surface area contributed by atoms with Gasteiger partial charge in [0, 0.05) is 13.1 Å². The second kappa shape index (κ2) is 8.67. The fourth-order valence-electron chi connectivity index (χ4n) is 4.98. The minimum atomic E-state index is -3.73. The summed E-state index contributed by atoms with van der Waals surface area (Å²) in [5, 5.41) is 0. The van der Waals surface area contributed by atoms with Crippen molar-refractivity contribution in [1.82, 2.24) is 4.90 Å². The average Bonchev–Trinajstić information content (AvgIpc) is 3.41. The summed E-state index contributed by atoms with van der Waals surface area (Å²) in [6.45, 7) is 0. The first-order chi connectivity index (χ1) is 17.1. The van der Waals surface area contributed by atoms with Crippen molar-refractivity contribution in [1.29, 1.82) is 0 Å². The van der Waals surface area contributed by atoms with E-state index in [9.17, 15) is 13.2 Å². The summed E-state index contributed by atoms with van der Waals surface area (Å²) in [5.74, 6) is 0.478. The van der Waals surface area contributed by atoms with Gasteiger partial charge in [-0.3, -0.25) is 9.69 Å². The third-order valence-electron chi connectivity index (χ3n) is 6.73. The number of benzene rings is 3. The number of nitrogens with two attached hydrogens (primary N) is 1. The van der Waals surface area contributed by atoms with Crippen molar-refractivity contribution in [3.05, 3.63) is 82.9 Å². The largest absolute Gasteiger partial charge is 0.497 e. The van der Waals surface area contributed by atoms with Gasteiger partial charge in [-0.1, -0.05) is 36.4 Å². The maximum atomic E-state index is 13.7. The van der Waals surface area contributed by atoms with Crippen molar-refractivity contribution in [2.75, 3.05) is 20.4 Å². The number of ether oxygens (including phenoxy) is 1. The van der Waals surface area contributed by atoms with Gasteiger partial charge in [-0.25, -0.2) is 4.99 Å². The van der Waals surface area contributed by atoms with Gasteiger partial charge in [0.05, 0.1) is 13.4 Å². The molecular formula is C27H27N3O5S. The van der Waals surface area contributed by atoms with E-state index in [0.717, 1.165) is 36.6 Å². The predicted molar refractivity (Wildman–Crippen MR) is 138 cm³/mol. The van der Waals surface area contributed by atoms with Crippen LogP contribution in [0.2, 0.25) is 0 Å². The summed E-state index contributed by atoms with van der Waals surface area (Å²) in [5.41, 5.74) is 10.2. The number of methoxy groups -OCH3 is 1. The zero-order valence-corrected chi connectivity index (χ0v) is 21.1. The highest BCUT2D eigenvalue weighted by Gasteiger charge is 2.49. The standard InChI is InChI=1S/C27H27N3O5S/c1-30-25(31)27(29-26(30)28,22-11-10-17-6-4-7-18(17)12-22)21-9-5-8-19(13-21)20-14-23(34-2)16-24(15-20)35-36(3,32)33/h5,8-16H,4,6-7H2,1-3H3,(H2,28,29). The Morgan fingerprint density at radius 3 is 2.36 bits per heavy atom. The Kier molecular flexibility index (Phi) is 5.75. The van der Waals surface area contributed by atoms with E-state index in [2.05, 4.69) is 12.1 Å². The van der Waals surface area contributed by atoms with Crippen LogP contribution in [0.1, 0.15) is 28.7 Å². The number of rotatable bonds is 6. The van der Waals surface area contributed by atoms with Gasteiger partial charge in [0.2, 0.25) is 0 Å². The van der Waals surface area contributed by atoms with Crippen LogP contribution in [-0.2, 0) is 33.3 Å². The molecule has 36 heavy (non-hydrogen) atoms. The Morgan fingerprint density at radius 2 is 1.67 bits per heavy atom. The third-order valence-corrected chi connectivity index (χ3v) is 7.23. The summed E-state index contributed by atoms with van der Waals surface area (Å²) in [4.78, 5) is 19.8. The number of carbonyl (C=O) groups is 1. The van der Waals surface area contributed by atoms with Gasteiger partial charge in [-0.2, -0.15) is 8.42 Å². The Bertz CT molecular complexity index is 1520. The van der Waals surface area contributed by atoms with Gasteiger partial charge in [0.25, 0.3) is 5.91 Å². The van der Waals surface area contributed by atoms with Crippen LogP contribution < -0.4 is 14.7 Å². The molecule has 3 aromatic rings. The molecule has 1 amide bonds. The molecule has 0 radical (unpaired) electrons. The summed E-state index contributed by atoms with van der Waals surface area (Å²) < 4.78 is 33.9. The zero-order chi connectivity index (χ0) is 25.7. The van der Waals surface area contributed by atoms with E-state index in [1.807, 2.05) is 30.3 Å². The molecule has 5 rings (SSSR count). The minimum Gasteiger partial charge on any atom is -0.497 e. The molecule has 0 saturated heterocycles. The number of carbonyl (C=O) groups excluding carboxylic acids is 1.